The summed E-state index contributed by atoms with van der Waals surface area (Å²) in [5.74, 6) is 0.769. The van der Waals surface area contributed by atoms with Crippen molar-refractivity contribution < 1.29 is 4.21 Å². The maximum absolute atomic E-state index is 11.3. The predicted molar refractivity (Wildman–Crippen MR) is 51.3 cm³/mol. The quantitative estimate of drug-likeness (QED) is 0.682. The molecule has 0 aromatic heterocycles. The molecule has 0 spiro atoms. The van der Waals surface area contributed by atoms with Gasteiger partial charge in [0.25, 0.3) is 0 Å². The van der Waals surface area contributed by atoms with Gasteiger partial charge in [-0.3, -0.25) is 4.21 Å². The van der Waals surface area contributed by atoms with Crippen LogP contribution in [-0.4, -0.2) is 27.8 Å². The first-order valence-corrected chi connectivity index (χ1v) is 5.56. The Labute approximate surface area is 72.2 Å². The molecule has 0 aliphatic carbocycles. The van der Waals surface area contributed by atoms with Crippen molar-refractivity contribution in [3.63, 3.8) is 0 Å². The van der Waals surface area contributed by atoms with E-state index in [2.05, 4.69) is 19.2 Å². The second-order valence-corrected chi connectivity index (χ2v) is 5.09. The molecule has 0 aromatic rings. The van der Waals surface area contributed by atoms with Crippen LogP contribution in [0.5, 0.6) is 0 Å². The summed E-state index contributed by atoms with van der Waals surface area (Å²) in [6.07, 6.45) is 0. The first-order chi connectivity index (χ1) is 5.07. The SMILES string of the molecule is CCNC(C)CS(=O)C(C)C. The van der Waals surface area contributed by atoms with Crippen LogP contribution in [0.1, 0.15) is 27.7 Å². The second-order valence-electron chi connectivity index (χ2n) is 3.05. The van der Waals surface area contributed by atoms with Gasteiger partial charge in [-0.15, -0.1) is 0 Å². The van der Waals surface area contributed by atoms with E-state index in [9.17, 15) is 4.21 Å². The van der Waals surface area contributed by atoms with E-state index >= 15 is 0 Å². The maximum atomic E-state index is 11.3. The van der Waals surface area contributed by atoms with E-state index in [0.29, 0.717) is 6.04 Å². The molecule has 1 N–H and O–H groups in total. The van der Waals surface area contributed by atoms with E-state index < -0.39 is 10.8 Å². The van der Waals surface area contributed by atoms with Crippen LogP contribution in [0.3, 0.4) is 0 Å². The fraction of sp³-hybridized carbons (Fsp3) is 1.00. The Morgan fingerprint density at radius 3 is 2.27 bits per heavy atom. The average molecular weight is 177 g/mol. The van der Waals surface area contributed by atoms with Crippen LogP contribution in [0.15, 0.2) is 0 Å². The standard InChI is InChI=1S/C8H19NOS/c1-5-9-8(4)6-11(10)7(2)3/h7-9H,5-6H2,1-4H3. The number of nitrogens with one attached hydrogen (secondary N) is 1. The van der Waals surface area contributed by atoms with Crippen molar-refractivity contribution in [3.05, 3.63) is 0 Å². The topological polar surface area (TPSA) is 29.1 Å². The molecule has 0 aliphatic heterocycles. The van der Waals surface area contributed by atoms with Gasteiger partial charge in [0.2, 0.25) is 0 Å². The van der Waals surface area contributed by atoms with Crippen LogP contribution in [0, 0.1) is 0 Å². The lowest BCUT2D eigenvalue weighted by Gasteiger charge is -2.13. The van der Waals surface area contributed by atoms with E-state index in [-0.39, 0.29) is 5.25 Å². The summed E-state index contributed by atoms with van der Waals surface area (Å²) < 4.78 is 11.3. The van der Waals surface area contributed by atoms with Crippen molar-refractivity contribution in [1.29, 1.82) is 0 Å². The van der Waals surface area contributed by atoms with Crippen LogP contribution in [0.25, 0.3) is 0 Å². The molecule has 0 aromatic carbocycles. The molecule has 0 heterocycles. The van der Waals surface area contributed by atoms with Crippen LogP contribution in [0.2, 0.25) is 0 Å². The lowest BCUT2D eigenvalue weighted by Crippen LogP contribution is -2.32. The van der Waals surface area contributed by atoms with Crippen molar-refractivity contribution >= 4 is 10.8 Å². The lowest BCUT2D eigenvalue weighted by atomic mass is 10.4. The molecule has 0 radical (unpaired) electrons. The molecule has 0 amide bonds. The summed E-state index contributed by atoms with van der Waals surface area (Å²) in [5.41, 5.74) is 0. The first kappa shape index (κ1) is 11.1. The van der Waals surface area contributed by atoms with Gasteiger partial charge in [0, 0.05) is 27.8 Å². The van der Waals surface area contributed by atoms with Gasteiger partial charge in [-0.2, -0.15) is 0 Å². The van der Waals surface area contributed by atoms with Crippen molar-refractivity contribution in [2.24, 2.45) is 0 Å². The average Bonchev–Trinajstić information content (AvgIpc) is 1.87. The fourth-order valence-corrected chi connectivity index (χ4v) is 1.84. The van der Waals surface area contributed by atoms with Gasteiger partial charge in [0.1, 0.15) is 0 Å². The Kier molecular flexibility index (Phi) is 5.78. The minimum atomic E-state index is -0.666. The monoisotopic (exact) mass is 177 g/mol. The normalized spacial score (nSPS) is 16.8. The molecule has 2 unspecified atom stereocenters. The third-order valence-corrected chi connectivity index (χ3v) is 3.37. The Balaban J connectivity index is 3.57. The minimum absolute atomic E-state index is 0.288. The van der Waals surface area contributed by atoms with E-state index in [1.807, 2.05) is 13.8 Å². The molecule has 11 heavy (non-hydrogen) atoms. The number of hydrogen-bond donors (Lipinski definition) is 1. The van der Waals surface area contributed by atoms with Gasteiger partial charge >= 0.3 is 0 Å². The summed E-state index contributed by atoms with van der Waals surface area (Å²) in [5, 5.41) is 3.53. The summed E-state index contributed by atoms with van der Waals surface area (Å²) in [7, 11) is -0.666. The Bertz CT molecular complexity index is 125. The van der Waals surface area contributed by atoms with Crippen molar-refractivity contribution in [2.75, 3.05) is 12.3 Å². The maximum Gasteiger partial charge on any atom is 0.0388 e. The highest BCUT2D eigenvalue weighted by Gasteiger charge is 2.08. The van der Waals surface area contributed by atoms with Crippen LogP contribution >= 0.6 is 0 Å². The van der Waals surface area contributed by atoms with E-state index in [4.69, 9.17) is 0 Å². The van der Waals surface area contributed by atoms with Crippen LogP contribution < -0.4 is 5.32 Å². The number of hydrogen-bond acceptors (Lipinski definition) is 2. The zero-order valence-electron chi connectivity index (χ0n) is 7.89. The van der Waals surface area contributed by atoms with Gasteiger partial charge in [-0.05, 0) is 13.5 Å². The number of rotatable bonds is 5. The fourth-order valence-electron chi connectivity index (χ4n) is 0.846. The Morgan fingerprint density at radius 2 is 1.91 bits per heavy atom. The lowest BCUT2D eigenvalue weighted by molar-refractivity contribution is 0.605. The zero-order chi connectivity index (χ0) is 8.85. The van der Waals surface area contributed by atoms with Gasteiger partial charge in [0.15, 0.2) is 0 Å². The summed E-state index contributed by atoms with van der Waals surface area (Å²) in [6, 6.07) is 0.378. The highest BCUT2D eigenvalue weighted by molar-refractivity contribution is 7.85. The van der Waals surface area contributed by atoms with E-state index in [1.54, 1.807) is 0 Å². The molecule has 68 valence electrons. The highest BCUT2D eigenvalue weighted by atomic mass is 32.2. The van der Waals surface area contributed by atoms with Gasteiger partial charge in [-0.25, -0.2) is 0 Å². The van der Waals surface area contributed by atoms with Crippen molar-refractivity contribution in [2.45, 2.75) is 39.0 Å². The third kappa shape index (κ3) is 5.39. The smallest absolute Gasteiger partial charge is 0.0388 e. The molecule has 0 aliphatic rings. The first-order valence-electron chi connectivity index (χ1n) is 4.18. The molecule has 0 saturated carbocycles. The van der Waals surface area contributed by atoms with Crippen LogP contribution in [-0.2, 0) is 10.8 Å². The van der Waals surface area contributed by atoms with E-state index in [1.165, 1.54) is 0 Å². The molecule has 0 saturated heterocycles. The largest absolute Gasteiger partial charge is 0.314 e. The third-order valence-electron chi connectivity index (χ3n) is 1.49. The predicted octanol–water partition coefficient (Wildman–Crippen LogP) is 1.14. The van der Waals surface area contributed by atoms with Gasteiger partial charge in [-0.1, -0.05) is 20.8 Å². The summed E-state index contributed by atoms with van der Waals surface area (Å²) in [4.78, 5) is 0. The van der Waals surface area contributed by atoms with Crippen LogP contribution in [0.4, 0.5) is 0 Å². The molecular formula is C8H19NOS. The Morgan fingerprint density at radius 1 is 1.36 bits per heavy atom. The molecule has 2 atom stereocenters. The second kappa shape index (κ2) is 5.72. The zero-order valence-corrected chi connectivity index (χ0v) is 8.70. The Hall–Kier alpha value is 0.110. The highest BCUT2D eigenvalue weighted by Crippen LogP contribution is 1.96. The molecular weight excluding hydrogens is 158 g/mol. The molecule has 0 bridgehead atoms. The van der Waals surface area contributed by atoms with Gasteiger partial charge in [0.05, 0.1) is 0 Å². The molecule has 2 nitrogen and oxygen atoms in total. The summed E-state index contributed by atoms with van der Waals surface area (Å²) >= 11 is 0. The van der Waals surface area contributed by atoms with Gasteiger partial charge < -0.3 is 5.32 Å². The van der Waals surface area contributed by atoms with Crippen molar-refractivity contribution in [3.8, 4) is 0 Å². The molecule has 0 rings (SSSR count). The molecule has 0 fully saturated rings. The van der Waals surface area contributed by atoms with E-state index in [0.717, 1.165) is 12.3 Å². The summed E-state index contributed by atoms with van der Waals surface area (Å²) in [6.45, 7) is 9.08. The molecule has 3 heteroatoms. The minimum Gasteiger partial charge on any atom is -0.314 e. The van der Waals surface area contributed by atoms with Crippen molar-refractivity contribution in [1.82, 2.24) is 5.32 Å².